The molecule has 0 aliphatic heterocycles. The van der Waals surface area contributed by atoms with Gasteiger partial charge < -0.3 is 10.5 Å². The van der Waals surface area contributed by atoms with E-state index in [0.717, 1.165) is 0 Å². The molecule has 1 amide bonds. The number of amides is 1. The Bertz CT molecular complexity index is 32.6. The predicted molar refractivity (Wildman–Crippen MR) is 15.0 cm³/mol. The molecule has 0 aliphatic rings. The van der Waals surface area contributed by atoms with Crippen LogP contribution in [0.1, 0.15) is 6.92 Å². The van der Waals surface area contributed by atoms with Crippen molar-refractivity contribution in [3.8, 4) is 0 Å². The van der Waals surface area contributed by atoms with Gasteiger partial charge in [0.15, 0.2) is 0 Å². The molecule has 0 fully saturated rings. The molecule has 0 atom stereocenters. The SMILES string of the molecule is CC([NH-])=O.[I+]. The van der Waals surface area contributed by atoms with Crippen LogP contribution in [0.3, 0.4) is 0 Å². The molecule has 0 aromatic heterocycles. The molecule has 2 nitrogen and oxygen atoms in total. The monoisotopic (exact) mass is 185 g/mol. The van der Waals surface area contributed by atoms with Crippen molar-refractivity contribution in [2.45, 2.75) is 6.92 Å². The highest BCUT2D eigenvalue weighted by Gasteiger charge is 1.47. The lowest BCUT2D eigenvalue weighted by atomic mass is 10.8. The van der Waals surface area contributed by atoms with Gasteiger partial charge in [-0.25, -0.2) is 0 Å². The Hall–Kier alpha value is 0.200. The molecular weight excluding hydrogens is 181 g/mol. The highest BCUT2D eigenvalue weighted by Crippen LogP contribution is 1.54. The summed E-state index contributed by atoms with van der Waals surface area (Å²) in [6.45, 7) is 1.19. The molecule has 2 radical (unpaired) electrons. The summed E-state index contributed by atoms with van der Waals surface area (Å²) in [4.78, 5) is 9.11. The van der Waals surface area contributed by atoms with E-state index >= 15 is 0 Å². The number of carbonyl (C=O) groups excluding carboxylic acids is 1. The largest absolute Gasteiger partial charge is 1.00 e. The Balaban J connectivity index is 0. The summed E-state index contributed by atoms with van der Waals surface area (Å²) >= 11 is 0. The van der Waals surface area contributed by atoms with Gasteiger partial charge in [0.1, 0.15) is 0 Å². The Labute approximate surface area is 47.7 Å². The fourth-order valence-corrected chi connectivity index (χ4v) is 0. The Kier molecular flexibility index (Phi) is 7.52. The quantitative estimate of drug-likeness (QED) is 0.387. The minimum atomic E-state index is -0.583. The van der Waals surface area contributed by atoms with Crippen molar-refractivity contribution < 1.29 is 28.8 Å². The highest BCUT2D eigenvalue weighted by atomic mass is 127. The van der Waals surface area contributed by atoms with Gasteiger partial charge in [0.2, 0.25) is 0 Å². The van der Waals surface area contributed by atoms with Crippen LogP contribution in [0.25, 0.3) is 5.73 Å². The average Bonchev–Trinajstić information content (AvgIpc) is 0.811. The Morgan fingerprint density at radius 1 is 1.80 bits per heavy atom. The first kappa shape index (κ1) is 8.96. The van der Waals surface area contributed by atoms with E-state index in [-0.39, 0.29) is 24.0 Å². The lowest BCUT2D eigenvalue weighted by Crippen LogP contribution is -3.00. The highest BCUT2D eigenvalue weighted by molar-refractivity contribution is 5.81. The lowest BCUT2D eigenvalue weighted by molar-refractivity contribution is -0.112. The summed E-state index contributed by atoms with van der Waals surface area (Å²) < 4.78 is 0. The van der Waals surface area contributed by atoms with Crippen molar-refractivity contribution in [3.63, 3.8) is 0 Å². The first-order chi connectivity index (χ1) is 1.73. The maximum atomic E-state index is 9.11. The molecule has 30 valence electrons. The number of carbonyl (C=O) groups is 1. The lowest BCUT2D eigenvalue weighted by Gasteiger charge is -1.77. The van der Waals surface area contributed by atoms with Crippen LogP contribution in [0.2, 0.25) is 0 Å². The molecule has 0 saturated carbocycles. The van der Waals surface area contributed by atoms with Gasteiger partial charge in [0, 0.05) is 5.91 Å². The number of rotatable bonds is 0. The van der Waals surface area contributed by atoms with Crippen molar-refractivity contribution >= 4 is 5.91 Å². The molecule has 0 aromatic rings. The minimum Gasteiger partial charge on any atom is -0.668 e. The van der Waals surface area contributed by atoms with Crippen molar-refractivity contribution in [1.29, 1.82) is 0 Å². The summed E-state index contributed by atoms with van der Waals surface area (Å²) in [5.41, 5.74) is 5.94. The molecule has 0 rings (SSSR count). The molecule has 0 aromatic carbocycles. The molecule has 0 heterocycles. The smallest absolute Gasteiger partial charge is 0.668 e. The van der Waals surface area contributed by atoms with Gasteiger partial charge >= 0.3 is 24.0 Å². The van der Waals surface area contributed by atoms with E-state index in [4.69, 9.17) is 10.5 Å². The molecule has 0 unspecified atom stereocenters. The molecule has 1 N–H and O–H groups in total. The van der Waals surface area contributed by atoms with E-state index in [0.29, 0.717) is 0 Å². The van der Waals surface area contributed by atoms with Crippen LogP contribution in [0.4, 0.5) is 0 Å². The van der Waals surface area contributed by atoms with Crippen LogP contribution in [-0.4, -0.2) is 5.91 Å². The molecule has 5 heavy (non-hydrogen) atoms. The zero-order valence-corrected chi connectivity index (χ0v) is 4.94. The minimum absolute atomic E-state index is 0. The first-order valence-electron chi connectivity index (χ1n) is 0.954. The second-order valence-corrected chi connectivity index (χ2v) is 0.556. The van der Waals surface area contributed by atoms with E-state index in [1.807, 2.05) is 0 Å². The van der Waals surface area contributed by atoms with E-state index in [1.165, 1.54) is 6.92 Å². The zero-order valence-electron chi connectivity index (χ0n) is 2.79. The third-order valence-electron chi connectivity index (χ3n) is 0. The fourth-order valence-electron chi connectivity index (χ4n) is 0. The number of hydrogen-bond donors (Lipinski definition) is 0. The molecule has 0 bridgehead atoms. The topological polar surface area (TPSA) is 40.9 Å². The van der Waals surface area contributed by atoms with Gasteiger partial charge in [-0.2, -0.15) is 0 Å². The van der Waals surface area contributed by atoms with Gasteiger partial charge in [-0.3, -0.25) is 0 Å². The van der Waals surface area contributed by atoms with Crippen molar-refractivity contribution in [2.75, 3.05) is 0 Å². The average molecular weight is 185 g/mol. The maximum absolute atomic E-state index is 9.11. The van der Waals surface area contributed by atoms with E-state index < -0.39 is 5.91 Å². The normalized spacial score (nSPS) is 5.00. The number of hydrogen-bond acceptors (Lipinski definition) is 1. The predicted octanol–water partition coefficient (Wildman–Crippen LogP) is -2.41. The van der Waals surface area contributed by atoms with Gasteiger partial charge in [-0.05, 0) is 6.92 Å². The van der Waals surface area contributed by atoms with Crippen LogP contribution >= 0.6 is 0 Å². The summed E-state index contributed by atoms with van der Waals surface area (Å²) in [6.07, 6.45) is 0. The van der Waals surface area contributed by atoms with Gasteiger partial charge in [-0.1, -0.05) is 0 Å². The van der Waals surface area contributed by atoms with E-state index in [9.17, 15) is 0 Å². The summed E-state index contributed by atoms with van der Waals surface area (Å²) in [5, 5.41) is 0. The molecule has 3 heteroatoms. The van der Waals surface area contributed by atoms with E-state index in [2.05, 4.69) is 0 Å². The Morgan fingerprint density at radius 2 is 1.80 bits per heavy atom. The standard InChI is InChI=1S/C2H5NO.I/c1-2(3)4;/h1H3,(H2,3,4);/q;+1/p-1. The molecule has 0 spiro atoms. The molecular formula is C2H4INO. The van der Waals surface area contributed by atoms with Gasteiger partial charge in [-0.15, -0.1) is 0 Å². The second-order valence-electron chi connectivity index (χ2n) is 0.556. The zero-order chi connectivity index (χ0) is 3.58. The van der Waals surface area contributed by atoms with Crippen molar-refractivity contribution in [1.82, 2.24) is 0 Å². The van der Waals surface area contributed by atoms with Crippen LogP contribution in [0, 0.1) is 0 Å². The third-order valence-corrected chi connectivity index (χ3v) is 0. The van der Waals surface area contributed by atoms with Gasteiger partial charge in [0.25, 0.3) is 0 Å². The van der Waals surface area contributed by atoms with Gasteiger partial charge in [0.05, 0.1) is 0 Å². The number of halogens is 1. The second kappa shape index (κ2) is 4.20. The van der Waals surface area contributed by atoms with Crippen LogP contribution in [0.5, 0.6) is 0 Å². The third kappa shape index (κ3) is 508. The first-order valence-corrected chi connectivity index (χ1v) is 0.954. The summed E-state index contributed by atoms with van der Waals surface area (Å²) in [6, 6.07) is 0. The fraction of sp³-hybridized carbons (Fsp3) is 0.500. The number of nitrogens with one attached hydrogen (secondary N) is 1. The Morgan fingerprint density at radius 3 is 1.80 bits per heavy atom. The van der Waals surface area contributed by atoms with Crippen molar-refractivity contribution in [3.05, 3.63) is 5.73 Å². The maximum Gasteiger partial charge on any atom is 1.00 e. The van der Waals surface area contributed by atoms with Crippen LogP contribution in [-0.2, 0) is 4.79 Å². The van der Waals surface area contributed by atoms with E-state index in [1.54, 1.807) is 0 Å². The summed E-state index contributed by atoms with van der Waals surface area (Å²) in [5.74, 6) is -0.583. The van der Waals surface area contributed by atoms with Crippen molar-refractivity contribution in [2.24, 2.45) is 0 Å². The van der Waals surface area contributed by atoms with Crippen LogP contribution < -0.4 is 24.0 Å². The summed E-state index contributed by atoms with van der Waals surface area (Å²) in [7, 11) is 0. The molecule has 0 aliphatic carbocycles. The molecule has 0 saturated heterocycles. The van der Waals surface area contributed by atoms with Crippen LogP contribution in [0.15, 0.2) is 0 Å².